The molecule has 1 aromatic heterocycles. The highest BCUT2D eigenvalue weighted by molar-refractivity contribution is 7.90. The molecule has 3 heterocycles. The smallest absolute Gasteiger partial charge is 0.264 e. The van der Waals surface area contributed by atoms with Crippen LogP contribution in [0.5, 0.6) is 5.75 Å². The van der Waals surface area contributed by atoms with Gasteiger partial charge in [-0.1, -0.05) is 42.8 Å². The third-order valence-electron chi connectivity index (χ3n) is 11.6. The number of aromatic nitrogens is 1. The molecular formula is C38H44ClN3O5S. The molecule has 1 fully saturated rings. The Morgan fingerprint density at radius 2 is 1.98 bits per heavy atom. The van der Waals surface area contributed by atoms with E-state index in [1.54, 1.807) is 26.3 Å². The van der Waals surface area contributed by atoms with Gasteiger partial charge in [-0.3, -0.25) is 9.78 Å². The third-order valence-corrected chi connectivity index (χ3v) is 13.7. The maximum absolute atomic E-state index is 13.5. The number of carbonyl (C=O) groups excluding carboxylic acids is 1. The van der Waals surface area contributed by atoms with Crippen molar-refractivity contribution in [2.45, 2.75) is 68.6 Å². The van der Waals surface area contributed by atoms with E-state index in [2.05, 4.69) is 45.0 Å². The number of aryl methyl sites for hydroxylation is 1. The van der Waals surface area contributed by atoms with Crippen molar-refractivity contribution in [3.63, 3.8) is 0 Å². The van der Waals surface area contributed by atoms with E-state index in [9.17, 15) is 13.2 Å². The van der Waals surface area contributed by atoms with Crippen LogP contribution in [0.4, 0.5) is 5.69 Å². The van der Waals surface area contributed by atoms with Gasteiger partial charge in [-0.15, -0.1) is 0 Å². The number of nitrogens with one attached hydrogen (secondary N) is 1. The first-order valence-electron chi connectivity index (χ1n) is 17.1. The van der Waals surface area contributed by atoms with E-state index < -0.39 is 26.8 Å². The fourth-order valence-corrected chi connectivity index (χ4v) is 9.97. The van der Waals surface area contributed by atoms with Crippen LogP contribution in [-0.4, -0.2) is 51.4 Å². The fraction of sp³-hybridized carbons (Fsp3) is 0.474. The van der Waals surface area contributed by atoms with E-state index >= 15 is 0 Å². The highest BCUT2D eigenvalue weighted by atomic mass is 35.5. The topological polar surface area (TPSA) is 97.8 Å². The molecule has 4 aliphatic rings. The number of pyridine rings is 1. The summed E-state index contributed by atoms with van der Waals surface area (Å²) in [4.78, 5) is 20.4. The second-order valence-corrected chi connectivity index (χ2v) is 16.7. The lowest BCUT2D eigenvalue weighted by Gasteiger charge is -2.50. The van der Waals surface area contributed by atoms with Crippen LogP contribution < -0.4 is 14.4 Å². The van der Waals surface area contributed by atoms with E-state index in [1.165, 1.54) is 11.1 Å². The number of ether oxygens (including phenoxy) is 2. The van der Waals surface area contributed by atoms with Crippen molar-refractivity contribution >= 4 is 33.2 Å². The van der Waals surface area contributed by atoms with Crippen LogP contribution >= 0.6 is 11.6 Å². The van der Waals surface area contributed by atoms with Crippen molar-refractivity contribution < 1.29 is 22.7 Å². The largest absolute Gasteiger partial charge is 0.490 e. The fourth-order valence-electron chi connectivity index (χ4n) is 8.49. The van der Waals surface area contributed by atoms with Crippen molar-refractivity contribution in [2.75, 3.05) is 31.7 Å². The molecule has 2 aromatic carbocycles. The van der Waals surface area contributed by atoms with Gasteiger partial charge in [0, 0.05) is 60.1 Å². The molecule has 2 bridgehead atoms. The van der Waals surface area contributed by atoms with Crippen LogP contribution in [-0.2, 0) is 32.2 Å². The number of nitrogens with zero attached hydrogens (tertiary/aromatic N) is 2. The van der Waals surface area contributed by atoms with Gasteiger partial charge in [-0.05, 0) is 105 Å². The van der Waals surface area contributed by atoms with Crippen molar-refractivity contribution in [3.05, 3.63) is 100 Å². The Hall–Kier alpha value is -3.40. The maximum Gasteiger partial charge on any atom is 0.264 e. The average Bonchev–Trinajstić information content (AvgIpc) is 3.22. The molecule has 0 unspecified atom stereocenters. The monoisotopic (exact) mass is 689 g/mol. The zero-order chi connectivity index (χ0) is 33.7. The summed E-state index contributed by atoms with van der Waals surface area (Å²) in [5.74, 6) is 0.234. The summed E-state index contributed by atoms with van der Waals surface area (Å²) in [6.45, 7) is 5.47. The lowest BCUT2D eigenvalue weighted by Crippen LogP contribution is -2.52. The van der Waals surface area contributed by atoms with E-state index in [0.29, 0.717) is 25.3 Å². The number of hydrogen-bond acceptors (Lipinski definition) is 7. The van der Waals surface area contributed by atoms with Crippen molar-refractivity contribution in [1.29, 1.82) is 0 Å². The summed E-state index contributed by atoms with van der Waals surface area (Å²) >= 11 is 6.46. The van der Waals surface area contributed by atoms with Crippen LogP contribution in [0.2, 0.25) is 5.02 Å². The molecule has 0 saturated heterocycles. The second-order valence-electron chi connectivity index (χ2n) is 14.3. The molecule has 1 amide bonds. The third kappa shape index (κ3) is 5.81. The molecule has 1 saturated carbocycles. The standard InChI is InChI=1S/C38H44ClN3O5S/c1-25-7-4-17-38(46-3,30-9-6-18-40-21-30)33-13-10-29(33)22-42-23-37(16-5-8-27-19-31(39)12-14-32(27)37)24-47-35-15-11-28(20-34(35)42)36(43)41-48(44,45)26(25)2/h4,6,9,11-12,14-15,17-21,25-26,29,33H,5,7-8,10,13,16,22-24H2,1-3H3,(H,41,43)/b17-4-/t25-,26+,29-,33+,37-,38+/m0/s1. The van der Waals surface area contributed by atoms with Gasteiger partial charge in [0.2, 0.25) is 10.0 Å². The van der Waals surface area contributed by atoms with E-state index in [-0.39, 0.29) is 28.7 Å². The first-order valence-corrected chi connectivity index (χ1v) is 19.0. The predicted octanol–water partition coefficient (Wildman–Crippen LogP) is 6.82. The van der Waals surface area contributed by atoms with Crippen molar-refractivity contribution in [1.82, 2.24) is 9.71 Å². The molecule has 6 atom stereocenters. The summed E-state index contributed by atoms with van der Waals surface area (Å²) in [5.41, 5.74) is 3.58. The Kier molecular flexibility index (Phi) is 8.84. The number of carbonyl (C=O) groups is 1. The Morgan fingerprint density at radius 3 is 2.73 bits per heavy atom. The van der Waals surface area contributed by atoms with Gasteiger partial charge in [0.1, 0.15) is 11.4 Å². The minimum absolute atomic E-state index is 0.153. The number of anilines is 1. The summed E-state index contributed by atoms with van der Waals surface area (Å²) < 4.78 is 42.5. The van der Waals surface area contributed by atoms with Crippen LogP contribution in [0, 0.1) is 17.8 Å². The molecule has 10 heteroatoms. The number of halogens is 1. The van der Waals surface area contributed by atoms with Crippen LogP contribution in [0.1, 0.15) is 73.0 Å². The number of hydrogen-bond donors (Lipinski definition) is 1. The van der Waals surface area contributed by atoms with Gasteiger partial charge in [-0.25, -0.2) is 13.1 Å². The molecule has 1 spiro atoms. The zero-order valence-corrected chi connectivity index (χ0v) is 29.4. The minimum Gasteiger partial charge on any atom is -0.490 e. The van der Waals surface area contributed by atoms with E-state index in [0.717, 1.165) is 54.9 Å². The molecule has 8 nitrogen and oxygen atoms in total. The van der Waals surface area contributed by atoms with Gasteiger partial charge in [0.25, 0.3) is 5.91 Å². The van der Waals surface area contributed by atoms with Gasteiger partial charge >= 0.3 is 0 Å². The molecule has 3 aromatic rings. The number of allylic oxidation sites excluding steroid dienone is 1. The molecule has 7 rings (SSSR count). The lowest BCUT2D eigenvalue weighted by atomic mass is 9.62. The number of benzene rings is 2. The number of sulfonamides is 1. The Balaban J connectivity index is 1.36. The second kappa shape index (κ2) is 12.8. The van der Waals surface area contributed by atoms with Gasteiger partial charge < -0.3 is 14.4 Å². The molecule has 48 heavy (non-hydrogen) atoms. The summed E-state index contributed by atoms with van der Waals surface area (Å²) in [6, 6.07) is 15.5. The first-order chi connectivity index (χ1) is 23.0. The normalized spacial score (nSPS) is 32.1. The van der Waals surface area contributed by atoms with Crippen LogP contribution in [0.25, 0.3) is 0 Å². The number of methoxy groups -OCH3 is 1. The number of rotatable bonds is 2. The Bertz CT molecular complexity index is 1830. The number of amides is 1. The molecule has 254 valence electrons. The molecular weight excluding hydrogens is 646 g/mol. The van der Waals surface area contributed by atoms with Gasteiger partial charge in [0.05, 0.1) is 17.5 Å². The molecule has 0 radical (unpaired) electrons. The molecule has 1 N–H and O–H groups in total. The minimum atomic E-state index is -3.96. The highest BCUT2D eigenvalue weighted by Crippen LogP contribution is 2.52. The Labute approximate surface area is 288 Å². The maximum atomic E-state index is 13.5. The highest BCUT2D eigenvalue weighted by Gasteiger charge is 2.50. The number of fused-ring (bicyclic) bond motifs is 4. The van der Waals surface area contributed by atoms with Crippen molar-refractivity contribution in [3.8, 4) is 5.75 Å². The van der Waals surface area contributed by atoms with Gasteiger partial charge in [0.15, 0.2) is 0 Å². The van der Waals surface area contributed by atoms with E-state index in [1.807, 2.05) is 37.4 Å². The van der Waals surface area contributed by atoms with E-state index in [4.69, 9.17) is 21.1 Å². The molecule has 2 aliphatic carbocycles. The molecule has 2 aliphatic heterocycles. The van der Waals surface area contributed by atoms with Gasteiger partial charge in [-0.2, -0.15) is 0 Å². The summed E-state index contributed by atoms with van der Waals surface area (Å²) in [6.07, 6.45) is 13.3. The predicted molar refractivity (Wildman–Crippen MR) is 188 cm³/mol. The first kappa shape index (κ1) is 33.1. The SMILES string of the molecule is CO[C@@]1(c2cccnc2)/C=C\C[C@H](C)[C@@H](C)S(=O)(=O)NC(=O)c2ccc3c(c2)N(C[C@@H]2CC[C@H]21)C[C@@]1(CCCc2cc(Cl)ccc21)CO3. The quantitative estimate of drug-likeness (QED) is 0.295. The zero-order valence-electron chi connectivity index (χ0n) is 27.8. The summed E-state index contributed by atoms with van der Waals surface area (Å²) in [5, 5.41) is -0.0641. The summed E-state index contributed by atoms with van der Waals surface area (Å²) in [7, 11) is -2.20. The van der Waals surface area contributed by atoms with Crippen LogP contribution in [0.15, 0.2) is 73.1 Å². The van der Waals surface area contributed by atoms with Crippen molar-refractivity contribution in [2.24, 2.45) is 17.8 Å². The average molecular weight is 690 g/mol. The Morgan fingerprint density at radius 1 is 1.12 bits per heavy atom. The van der Waals surface area contributed by atoms with Crippen LogP contribution in [0.3, 0.4) is 0 Å². The lowest BCUT2D eigenvalue weighted by molar-refractivity contribution is -0.0806.